The van der Waals surface area contributed by atoms with E-state index in [0.717, 1.165) is 17.7 Å². The summed E-state index contributed by atoms with van der Waals surface area (Å²) in [6.45, 7) is 3.50. The third kappa shape index (κ3) is 3.80. The molecule has 5 heteroatoms. The van der Waals surface area contributed by atoms with E-state index in [1.807, 2.05) is 6.92 Å². The van der Waals surface area contributed by atoms with Gasteiger partial charge in [-0.3, -0.25) is 9.59 Å². The number of halogens is 2. The fraction of sp³-hybridized carbons (Fsp3) is 0.222. The average molecular weight is 318 g/mol. The lowest BCUT2D eigenvalue weighted by Crippen LogP contribution is -2.25. The minimum Gasteiger partial charge on any atom is -0.465 e. The number of rotatable bonds is 5. The van der Waals surface area contributed by atoms with Crippen molar-refractivity contribution in [1.29, 1.82) is 0 Å². The molecule has 2 aromatic carbocycles. The van der Waals surface area contributed by atoms with Crippen molar-refractivity contribution in [3.05, 3.63) is 70.8 Å². The lowest BCUT2D eigenvalue weighted by molar-refractivity contribution is -0.143. The second-order valence-corrected chi connectivity index (χ2v) is 5.08. The zero-order valence-electron chi connectivity index (χ0n) is 12.8. The van der Waals surface area contributed by atoms with E-state index >= 15 is 0 Å². The lowest BCUT2D eigenvalue weighted by Gasteiger charge is -2.16. The minimum absolute atomic E-state index is 0.0549. The molecule has 23 heavy (non-hydrogen) atoms. The lowest BCUT2D eigenvalue weighted by atomic mass is 9.90. The van der Waals surface area contributed by atoms with Gasteiger partial charge in [-0.25, -0.2) is 8.78 Å². The van der Waals surface area contributed by atoms with E-state index < -0.39 is 29.3 Å². The van der Waals surface area contributed by atoms with Gasteiger partial charge in [0.15, 0.2) is 5.78 Å². The highest BCUT2D eigenvalue weighted by molar-refractivity contribution is 6.13. The summed E-state index contributed by atoms with van der Waals surface area (Å²) in [5.41, 5.74) is 1.01. The average Bonchev–Trinajstić information content (AvgIpc) is 2.50. The predicted octanol–water partition coefficient (Wildman–Crippen LogP) is 3.80. The molecule has 3 nitrogen and oxygen atoms in total. The smallest absolute Gasteiger partial charge is 0.321 e. The van der Waals surface area contributed by atoms with Gasteiger partial charge >= 0.3 is 5.97 Å². The molecular weight excluding hydrogens is 302 g/mol. The molecule has 0 N–H and O–H groups in total. The van der Waals surface area contributed by atoms with Crippen molar-refractivity contribution in [3.8, 4) is 0 Å². The maximum absolute atomic E-state index is 14.0. The van der Waals surface area contributed by atoms with Crippen LogP contribution < -0.4 is 0 Å². The van der Waals surface area contributed by atoms with Gasteiger partial charge < -0.3 is 4.74 Å². The molecule has 120 valence electrons. The number of carbonyl (C=O) groups excluding carboxylic acids is 2. The molecule has 0 heterocycles. The van der Waals surface area contributed by atoms with Crippen LogP contribution in [0, 0.1) is 18.6 Å². The summed E-state index contributed by atoms with van der Waals surface area (Å²) < 4.78 is 32.0. The first-order valence-electron chi connectivity index (χ1n) is 7.16. The van der Waals surface area contributed by atoms with Crippen LogP contribution in [-0.2, 0) is 9.53 Å². The van der Waals surface area contributed by atoms with E-state index in [1.165, 1.54) is 0 Å². The molecule has 0 aromatic heterocycles. The molecule has 1 unspecified atom stereocenters. The highest BCUT2D eigenvalue weighted by Gasteiger charge is 2.33. The summed E-state index contributed by atoms with van der Waals surface area (Å²) in [5, 5.41) is 0. The molecule has 0 radical (unpaired) electrons. The third-order valence-electron chi connectivity index (χ3n) is 3.39. The molecular formula is C18H16F2O3. The number of ketones is 1. The SMILES string of the molecule is CCOC(=O)C(C(=O)c1ccc(C)cc1)c1ccc(F)cc1F. The van der Waals surface area contributed by atoms with E-state index in [2.05, 4.69) is 0 Å². The molecule has 0 aliphatic carbocycles. The van der Waals surface area contributed by atoms with Gasteiger partial charge in [0.25, 0.3) is 0 Å². The maximum Gasteiger partial charge on any atom is 0.321 e. The summed E-state index contributed by atoms with van der Waals surface area (Å²) in [6, 6.07) is 9.30. The van der Waals surface area contributed by atoms with E-state index in [0.29, 0.717) is 6.07 Å². The van der Waals surface area contributed by atoms with Crippen molar-refractivity contribution < 1.29 is 23.1 Å². The number of hydrogen-bond acceptors (Lipinski definition) is 3. The zero-order chi connectivity index (χ0) is 17.0. The van der Waals surface area contributed by atoms with Crippen molar-refractivity contribution in [3.63, 3.8) is 0 Å². The van der Waals surface area contributed by atoms with Crippen LogP contribution >= 0.6 is 0 Å². The fourth-order valence-corrected chi connectivity index (χ4v) is 2.22. The summed E-state index contributed by atoms with van der Waals surface area (Å²) in [6.07, 6.45) is 0. The Morgan fingerprint density at radius 3 is 2.30 bits per heavy atom. The number of Topliss-reactive ketones (excluding diaryl/α,β-unsaturated/α-hetero) is 1. The number of benzene rings is 2. The van der Waals surface area contributed by atoms with Gasteiger partial charge in [-0.2, -0.15) is 0 Å². The van der Waals surface area contributed by atoms with Gasteiger partial charge in [0.2, 0.25) is 0 Å². The summed E-state index contributed by atoms with van der Waals surface area (Å²) in [7, 11) is 0. The standard InChI is InChI=1S/C18H16F2O3/c1-3-23-18(22)16(14-9-8-13(19)10-15(14)20)17(21)12-6-4-11(2)5-7-12/h4-10,16H,3H2,1-2H3. The van der Waals surface area contributed by atoms with Crippen LogP contribution in [0.3, 0.4) is 0 Å². The number of aryl methyl sites for hydroxylation is 1. The topological polar surface area (TPSA) is 43.4 Å². The van der Waals surface area contributed by atoms with Crippen LogP contribution in [0.2, 0.25) is 0 Å². The van der Waals surface area contributed by atoms with Gasteiger partial charge in [-0.05, 0) is 19.9 Å². The molecule has 0 saturated heterocycles. The normalized spacial score (nSPS) is 11.8. The fourth-order valence-electron chi connectivity index (χ4n) is 2.22. The summed E-state index contributed by atoms with van der Waals surface area (Å²) in [4.78, 5) is 24.8. The number of ether oxygens (including phenoxy) is 1. The van der Waals surface area contributed by atoms with Crippen LogP contribution in [0.5, 0.6) is 0 Å². The molecule has 0 fully saturated rings. The Labute approximate surface area is 132 Å². The maximum atomic E-state index is 14.0. The number of carbonyl (C=O) groups is 2. The Balaban J connectivity index is 2.47. The van der Waals surface area contributed by atoms with Crippen molar-refractivity contribution >= 4 is 11.8 Å². The Bertz CT molecular complexity index is 724. The van der Waals surface area contributed by atoms with Crippen molar-refractivity contribution in [2.24, 2.45) is 0 Å². The zero-order valence-corrected chi connectivity index (χ0v) is 12.8. The Kier molecular flexibility index (Phi) is 5.21. The first-order valence-corrected chi connectivity index (χ1v) is 7.16. The Morgan fingerprint density at radius 2 is 1.74 bits per heavy atom. The van der Waals surface area contributed by atoms with Crippen molar-refractivity contribution in [2.75, 3.05) is 6.61 Å². The molecule has 2 aromatic rings. The van der Waals surface area contributed by atoms with Crippen LogP contribution in [-0.4, -0.2) is 18.4 Å². The summed E-state index contributed by atoms with van der Waals surface area (Å²) >= 11 is 0. The van der Waals surface area contributed by atoms with Crippen LogP contribution in [0.1, 0.15) is 34.3 Å². The van der Waals surface area contributed by atoms with Gasteiger partial charge in [0.05, 0.1) is 6.61 Å². The second kappa shape index (κ2) is 7.13. The molecule has 0 aliphatic heterocycles. The number of hydrogen-bond donors (Lipinski definition) is 0. The van der Waals surface area contributed by atoms with Gasteiger partial charge in [0, 0.05) is 17.2 Å². The minimum atomic E-state index is -1.46. The first kappa shape index (κ1) is 16.8. The number of esters is 1. The molecule has 0 bridgehead atoms. The van der Waals surface area contributed by atoms with Crippen molar-refractivity contribution in [1.82, 2.24) is 0 Å². The highest BCUT2D eigenvalue weighted by atomic mass is 19.1. The predicted molar refractivity (Wildman–Crippen MR) is 81.2 cm³/mol. The molecule has 0 spiro atoms. The van der Waals surface area contributed by atoms with Crippen LogP contribution in [0.4, 0.5) is 8.78 Å². The summed E-state index contributed by atoms with van der Waals surface area (Å²) in [5.74, 6) is -4.64. The largest absolute Gasteiger partial charge is 0.465 e. The van der Waals surface area contributed by atoms with E-state index in [9.17, 15) is 18.4 Å². The Hall–Kier alpha value is -2.56. The van der Waals surface area contributed by atoms with Gasteiger partial charge in [-0.1, -0.05) is 35.9 Å². The van der Waals surface area contributed by atoms with Gasteiger partial charge in [-0.15, -0.1) is 0 Å². The molecule has 1 atom stereocenters. The van der Waals surface area contributed by atoms with E-state index in [1.54, 1.807) is 31.2 Å². The highest BCUT2D eigenvalue weighted by Crippen LogP contribution is 2.26. The Morgan fingerprint density at radius 1 is 1.09 bits per heavy atom. The van der Waals surface area contributed by atoms with Crippen LogP contribution in [0.15, 0.2) is 42.5 Å². The monoisotopic (exact) mass is 318 g/mol. The molecule has 2 rings (SSSR count). The molecule has 0 saturated carbocycles. The molecule has 0 aliphatic rings. The van der Waals surface area contributed by atoms with Crippen molar-refractivity contribution in [2.45, 2.75) is 19.8 Å². The second-order valence-electron chi connectivity index (χ2n) is 5.08. The van der Waals surface area contributed by atoms with E-state index in [4.69, 9.17) is 4.74 Å². The van der Waals surface area contributed by atoms with E-state index in [-0.39, 0.29) is 17.7 Å². The first-order chi connectivity index (χ1) is 10.9. The van der Waals surface area contributed by atoms with Crippen LogP contribution in [0.25, 0.3) is 0 Å². The quantitative estimate of drug-likeness (QED) is 0.478. The molecule has 0 amide bonds. The van der Waals surface area contributed by atoms with Gasteiger partial charge in [0.1, 0.15) is 17.6 Å². The third-order valence-corrected chi connectivity index (χ3v) is 3.39.